The zero-order valence-corrected chi connectivity index (χ0v) is 54.7. The van der Waals surface area contributed by atoms with E-state index in [1.165, 1.54) is 12.8 Å². The van der Waals surface area contributed by atoms with E-state index in [1.807, 2.05) is 66.7 Å². The molecule has 440 valence electrons. The van der Waals surface area contributed by atoms with Crippen LogP contribution in [-0.4, -0.2) is 57.6 Å². The Hall–Kier alpha value is -2.67. The summed E-state index contributed by atoms with van der Waals surface area (Å²) in [7, 11) is 0. The molecule has 0 aromatic heterocycles. The van der Waals surface area contributed by atoms with Gasteiger partial charge in [-0.2, -0.15) is 17.9 Å². The summed E-state index contributed by atoms with van der Waals surface area (Å²) < 4.78 is 5.08. The van der Waals surface area contributed by atoms with Crippen molar-refractivity contribution in [2.24, 2.45) is 43.3 Å². The maximum atomic E-state index is 11.2. The Morgan fingerprint density at radius 3 is 1.20 bits per heavy atom. The molecule has 4 atom stereocenters. The molecule has 0 amide bonds. The Labute approximate surface area is 472 Å². The number of carboxylic acids is 1. The zero-order chi connectivity index (χ0) is 60.1. The largest absolute Gasteiger partial charge is 0.481 e. The minimum Gasteiger partial charge on any atom is -0.481 e. The van der Waals surface area contributed by atoms with Crippen LogP contribution < -0.4 is 0 Å². The fourth-order valence-electron chi connectivity index (χ4n) is 6.85. The van der Waals surface area contributed by atoms with Crippen LogP contribution in [0.1, 0.15) is 267 Å². The molecule has 0 bridgehead atoms. The predicted octanol–water partition coefficient (Wildman–Crippen LogP) is 19.6. The molecule has 0 aliphatic carbocycles. The normalized spacial score (nSPS) is 14.6. The SMILES string of the molecule is C=CCC(C)(C)C.CC(C)(C)CC(C(=O)O)c1ccccc1.CC(C)(C)CC(O)c1ccccc1.CC(C)(C)CC1CO1.CC(C)(C)CCCC#N.CC(C)(C)CCCO.CC(C)(C)CCO.CC(S)CC(C)(C)C. The molecule has 75 heavy (non-hydrogen) atoms. The first-order valence-electron chi connectivity index (χ1n) is 28.1. The average Bonchev–Trinajstić information content (AvgIpc) is 4.01. The number of unbranched alkanes of at least 4 members (excludes halogenated alkanes) is 1. The van der Waals surface area contributed by atoms with E-state index in [1.54, 1.807) is 0 Å². The molecule has 1 heterocycles. The van der Waals surface area contributed by atoms with Crippen molar-refractivity contribution in [2.75, 3.05) is 19.8 Å². The summed E-state index contributed by atoms with van der Waals surface area (Å²) in [5.74, 6) is -1.14. The summed E-state index contributed by atoms with van der Waals surface area (Å²) in [5, 5.41) is 44.6. The lowest BCUT2D eigenvalue weighted by molar-refractivity contribution is -0.139. The lowest BCUT2D eigenvalue weighted by Gasteiger charge is -2.23. The number of benzene rings is 2. The summed E-state index contributed by atoms with van der Waals surface area (Å²) in [6.07, 6.45) is 13.0. The number of carboxylic acid groups (broad SMARTS) is 1. The number of hydrogen-bond acceptors (Lipinski definition) is 7. The molecule has 0 saturated carbocycles. The molecule has 2 aromatic carbocycles. The van der Waals surface area contributed by atoms with Gasteiger partial charge in [-0.15, -0.1) is 6.58 Å². The van der Waals surface area contributed by atoms with Gasteiger partial charge in [0.15, 0.2) is 0 Å². The number of hydrogen-bond donors (Lipinski definition) is 5. The highest BCUT2D eigenvalue weighted by Crippen LogP contribution is 2.32. The summed E-state index contributed by atoms with van der Waals surface area (Å²) in [5.41, 5.74) is 4.53. The van der Waals surface area contributed by atoms with Crippen LogP contribution in [0.5, 0.6) is 0 Å². The number of aliphatic carboxylic acids is 1. The summed E-state index contributed by atoms with van der Waals surface area (Å²) in [6.45, 7) is 59.6. The van der Waals surface area contributed by atoms with Crippen LogP contribution in [0.2, 0.25) is 0 Å². The van der Waals surface area contributed by atoms with Gasteiger partial charge in [-0.1, -0.05) is 240 Å². The van der Waals surface area contributed by atoms with Gasteiger partial charge in [0.1, 0.15) is 0 Å². The minimum atomic E-state index is -0.740. The lowest BCUT2D eigenvalue weighted by atomic mass is 9.81. The predicted molar refractivity (Wildman–Crippen MR) is 333 cm³/mol. The fourth-order valence-corrected chi connectivity index (χ4v) is 7.40. The quantitative estimate of drug-likeness (QED) is 0.0584. The zero-order valence-electron chi connectivity index (χ0n) is 53.8. The molecule has 1 fully saturated rings. The number of allylic oxidation sites excluding steroid dienone is 1. The van der Waals surface area contributed by atoms with E-state index in [-0.39, 0.29) is 16.9 Å². The van der Waals surface area contributed by atoms with E-state index in [0.29, 0.717) is 69.9 Å². The van der Waals surface area contributed by atoms with Crippen LogP contribution >= 0.6 is 12.6 Å². The number of rotatable bonds is 13. The third kappa shape index (κ3) is 75.6. The second-order valence-electron chi connectivity index (χ2n) is 30.1. The molecule has 7 nitrogen and oxygen atoms in total. The minimum absolute atomic E-state index is 0.0267. The third-order valence-electron chi connectivity index (χ3n) is 10.4. The number of carbonyl (C=O) groups is 1. The first-order chi connectivity index (χ1) is 33.6. The van der Waals surface area contributed by atoms with Crippen LogP contribution in [0.15, 0.2) is 73.3 Å². The topological polar surface area (TPSA) is 134 Å². The molecule has 8 heteroatoms. The van der Waals surface area contributed by atoms with E-state index in [2.05, 4.69) is 198 Å². The Balaban J connectivity index is -0.000000253. The van der Waals surface area contributed by atoms with Gasteiger partial charge in [-0.25, -0.2) is 0 Å². The molecule has 4 N–H and O–H groups in total. The summed E-state index contributed by atoms with van der Waals surface area (Å²) in [6, 6.07) is 21.4. The van der Waals surface area contributed by atoms with Crippen LogP contribution in [-0.2, 0) is 9.53 Å². The third-order valence-corrected chi connectivity index (χ3v) is 10.6. The van der Waals surface area contributed by atoms with Crippen molar-refractivity contribution in [3.05, 3.63) is 84.4 Å². The van der Waals surface area contributed by atoms with E-state index in [4.69, 9.17) is 20.2 Å². The second kappa shape index (κ2) is 40.5. The highest BCUT2D eigenvalue weighted by molar-refractivity contribution is 7.80. The van der Waals surface area contributed by atoms with E-state index in [9.17, 15) is 15.0 Å². The second-order valence-corrected chi connectivity index (χ2v) is 31.0. The van der Waals surface area contributed by atoms with Crippen molar-refractivity contribution in [1.29, 1.82) is 5.26 Å². The Bertz CT molecular complexity index is 1660. The van der Waals surface area contributed by atoms with Gasteiger partial charge >= 0.3 is 5.97 Å². The monoisotopic (exact) mass is 1070 g/mol. The number of thiol groups is 1. The fraction of sp³-hybridized carbons (Fsp3) is 0.761. The number of ether oxygens (including phenoxy) is 1. The summed E-state index contributed by atoms with van der Waals surface area (Å²) in [4.78, 5) is 11.2. The van der Waals surface area contributed by atoms with Crippen molar-refractivity contribution in [2.45, 2.75) is 267 Å². The standard InChI is InChI=1S/C13H18O2.C12H18O.C8H15N.C7H14O.C7H16O.C7H16S.C7H14.C6H14O/c1-13(2,3)9-11(12(14)15)10-7-5-4-6-8-10;1-12(2,3)9-11(13)10-7-5-4-6-8-10;1-8(2,3)6-4-5-7-9;1-7(2,3)4-6-5-8-6;1-7(2,3)5-4-6-8;1-6(8)5-7(2,3)4;1-5-6-7(2,3)4;1-6(2,3)4-5-7/h4-8,11H,9H2,1-3H3,(H,14,15);4-8,11,13H,9H2,1-3H3;4-6H2,1-3H3;6H,4-5H2,1-3H3;8H,4-6H2,1-3H3;6,8H,5H2,1-4H3;5H,1,6H2,2-4H3;7H,4-5H2,1-3H3. The Morgan fingerprint density at radius 1 is 0.613 bits per heavy atom. The first kappa shape index (κ1) is 81.2. The molecule has 4 unspecified atom stereocenters. The highest BCUT2D eigenvalue weighted by Gasteiger charge is 2.28. The average molecular weight is 1070 g/mol. The molecular weight excluding hydrogens is 947 g/mol. The van der Waals surface area contributed by atoms with E-state index >= 15 is 0 Å². The number of epoxide rings is 1. The van der Waals surface area contributed by atoms with Gasteiger partial charge in [-0.05, 0) is 124 Å². The van der Waals surface area contributed by atoms with Crippen molar-refractivity contribution in [3.8, 4) is 6.07 Å². The van der Waals surface area contributed by atoms with Crippen molar-refractivity contribution < 1.29 is 30.0 Å². The van der Waals surface area contributed by atoms with Gasteiger partial charge in [0.25, 0.3) is 0 Å². The van der Waals surface area contributed by atoms with Gasteiger partial charge in [-0.3, -0.25) is 4.79 Å². The van der Waals surface area contributed by atoms with Crippen molar-refractivity contribution >= 4 is 18.6 Å². The van der Waals surface area contributed by atoms with Crippen molar-refractivity contribution in [1.82, 2.24) is 0 Å². The number of aliphatic hydroxyl groups excluding tert-OH is 3. The lowest BCUT2D eigenvalue weighted by Crippen LogP contribution is -2.19. The molecule has 1 saturated heterocycles. The molecule has 0 spiro atoms. The molecule has 2 aromatic rings. The van der Waals surface area contributed by atoms with Crippen LogP contribution in [0, 0.1) is 54.7 Å². The smallest absolute Gasteiger partial charge is 0.310 e. The van der Waals surface area contributed by atoms with Crippen LogP contribution in [0.4, 0.5) is 0 Å². The number of aliphatic hydroxyl groups is 3. The van der Waals surface area contributed by atoms with Gasteiger partial charge in [0.2, 0.25) is 0 Å². The maximum Gasteiger partial charge on any atom is 0.310 e. The maximum absolute atomic E-state index is 11.2. The van der Waals surface area contributed by atoms with Crippen LogP contribution in [0.25, 0.3) is 0 Å². The van der Waals surface area contributed by atoms with Crippen molar-refractivity contribution in [3.63, 3.8) is 0 Å². The van der Waals surface area contributed by atoms with E-state index in [0.717, 1.165) is 62.7 Å². The molecule has 1 aliphatic rings. The molecular formula is C67H125NO6S. The van der Waals surface area contributed by atoms with Gasteiger partial charge in [0, 0.05) is 19.6 Å². The molecule has 3 rings (SSSR count). The number of nitrogens with zero attached hydrogens (tertiary/aromatic N) is 1. The van der Waals surface area contributed by atoms with Gasteiger partial charge < -0.3 is 25.2 Å². The number of nitriles is 1. The highest BCUT2D eigenvalue weighted by atomic mass is 32.1. The Kier molecular flexibility index (Phi) is 43.8. The molecule has 0 radical (unpaired) electrons. The Morgan fingerprint density at radius 2 is 1.00 bits per heavy atom. The first-order valence-corrected chi connectivity index (χ1v) is 28.6. The van der Waals surface area contributed by atoms with E-state index < -0.39 is 11.9 Å². The molecule has 1 aliphatic heterocycles. The summed E-state index contributed by atoms with van der Waals surface area (Å²) >= 11 is 4.29. The van der Waals surface area contributed by atoms with Gasteiger partial charge in [0.05, 0.1) is 30.8 Å². The van der Waals surface area contributed by atoms with Crippen LogP contribution in [0.3, 0.4) is 0 Å².